The van der Waals surface area contributed by atoms with E-state index in [9.17, 15) is 14.0 Å². The van der Waals surface area contributed by atoms with E-state index in [1.807, 2.05) is 13.0 Å². The van der Waals surface area contributed by atoms with Gasteiger partial charge in [-0.25, -0.2) is 9.67 Å². The van der Waals surface area contributed by atoms with E-state index in [0.29, 0.717) is 17.9 Å². The van der Waals surface area contributed by atoms with Crippen LogP contribution in [-0.2, 0) is 20.1 Å². The molecule has 0 amide bonds. The Labute approximate surface area is 173 Å². The molecule has 3 aromatic rings. The predicted molar refractivity (Wildman–Crippen MR) is 108 cm³/mol. The van der Waals surface area contributed by atoms with Gasteiger partial charge in [0.05, 0.1) is 18.5 Å². The Morgan fingerprint density at radius 2 is 1.90 bits per heavy atom. The van der Waals surface area contributed by atoms with E-state index in [1.165, 1.54) is 23.9 Å². The van der Waals surface area contributed by atoms with Gasteiger partial charge in [0.15, 0.2) is 11.5 Å². The number of rotatable bonds is 4. The Morgan fingerprint density at radius 1 is 1.10 bits per heavy atom. The van der Waals surface area contributed by atoms with Gasteiger partial charge >= 0.3 is 0 Å². The van der Waals surface area contributed by atoms with Crippen LogP contribution in [0.3, 0.4) is 0 Å². The number of benzene rings is 1. The zero-order valence-electron chi connectivity index (χ0n) is 17.0. The maximum atomic E-state index is 13.5. The number of pyridine rings is 1. The number of hydrogen-bond donors (Lipinski definition) is 0. The van der Waals surface area contributed by atoms with Gasteiger partial charge in [-0.1, -0.05) is 0 Å². The molecule has 8 heteroatoms. The van der Waals surface area contributed by atoms with Crippen molar-refractivity contribution in [2.24, 2.45) is 7.05 Å². The minimum Gasteiger partial charge on any atom is -0.492 e. The molecule has 0 aliphatic heterocycles. The van der Waals surface area contributed by atoms with Gasteiger partial charge in [0.2, 0.25) is 0 Å². The van der Waals surface area contributed by atoms with Crippen molar-refractivity contribution in [2.75, 3.05) is 7.11 Å². The second kappa shape index (κ2) is 9.30. The fourth-order valence-corrected chi connectivity index (χ4v) is 2.99. The van der Waals surface area contributed by atoms with Crippen LogP contribution in [0.15, 0.2) is 47.3 Å². The summed E-state index contributed by atoms with van der Waals surface area (Å²) in [6.07, 6.45) is 1.31. The monoisotopic (exact) mass is 411 g/mol. The average molecular weight is 411 g/mol. The lowest BCUT2D eigenvalue weighted by atomic mass is 10.1. The minimum absolute atomic E-state index is 0.0689. The summed E-state index contributed by atoms with van der Waals surface area (Å²) < 4.78 is 25.2. The van der Waals surface area contributed by atoms with Gasteiger partial charge in [0, 0.05) is 25.1 Å². The van der Waals surface area contributed by atoms with Crippen molar-refractivity contribution < 1.29 is 18.7 Å². The Bertz CT molecular complexity index is 1130. The molecule has 1 aromatic carbocycles. The van der Waals surface area contributed by atoms with Crippen LogP contribution in [0.4, 0.5) is 4.39 Å². The molecular weight excluding hydrogens is 389 g/mol. The highest BCUT2D eigenvalue weighted by molar-refractivity contribution is 6.00. The molecule has 0 bridgehead atoms. The first-order chi connectivity index (χ1) is 14.4. The first-order valence-corrected chi connectivity index (χ1v) is 9.36. The molecule has 0 atom stereocenters. The molecule has 0 N–H and O–H groups in total. The van der Waals surface area contributed by atoms with Crippen LogP contribution < -0.4 is 15.0 Å². The molecule has 156 valence electrons. The fraction of sp³-hybridized carbons (Fsp3) is 0.273. The Kier molecular flexibility index (Phi) is 6.56. The lowest BCUT2D eigenvalue weighted by Gasteiger charge is -2.08. The zero-order chi connectivity index (χ0) is 21.7. The van der Waals surface area contributed by atoms with Crippen LogP contribution in [0, 0.1) is 12.9 Å². The number of halogens is 1. The first kappa shape index (κ1) is 21.2. The fourth-order valence-electron chi connectivity index (χ4n) is 2.99. The van der Waals surface area contributed by atoms with Crippen LogP contribution in [-0.4, -0.2) is 27.7 Å². The number of methoxy groups -OCH3 is 1. The minimum atomic E-state index is -0.654. The van der Waals surface area contributed by atoms with Crippen molar-refractivity contribution in [3.8, 4) is 11.5 Å². The highest BCUT2D eigenvalue weighted by Gasteiger charge is 2.19. The van der Waals surface area contributed by atoms with E-state index in [4.69, 9.17) is 9.47 Å². The van der Waals surface area contributed by atoms with Crippen LogP contribution in [0.1, 0.15) is 33.7 Å². The number of aromatic nitrogens is 3. The Morgan fingerprint density at radius 3 is 2.57 bits per heavy atom. The summed E-state index contributed by atoms with van der Waals surface area (Å²) >= 11 is 0. The summed E-state index contributed by atoms with van der Waals surface area (Å²) in [7, 11) is 3.03. The Hall–Kier alpha value is -3.55. The summed E-state index contributed by atoms with van der Waals surface area (Å²) in [4.78, 5) is 26.0. The molecule has 0 radical (unpaired) electrons. The lowest BCUT2D eigenvalue weighted by molar-refractivity contribution is 0.0994. The van der Waals surface area contributed by atoms with Crippen molar-refractivity contribution in [2.45, 2.75) is 26.4 Å². The van der Waals surface area contributed by atoms with Crippen LogP contribution in [0.5, 0.6) is 11.5 Å². The summed E-state index contributed by atoms with van der Waals surface area (Å²) in [6.45, 7) is 2.01. The highest BCUT2D eigenvalue weighted by Crippen LogP contribution is 2.26. The lowest BCUT2D eigenvalue weighted by Crippen LogP contribution is -2.18. The van der Waals surface area contributed by atoms with Gasteiger partial charge in [-0.15, -0.1) is 0 Å². The second-order valence-corrected chi connectivity index (χ2v) is 6.76. The van der Waals surface area contributed by atoms with Gasteiger partial charge in [0.25, 0.3) is 11.5 Å². The zero-order valence-corrected chi connectivity index (χ0v) is 17.0. The van der Waals surface area contributed by atoms with Crippen LogP contribution in [0.25, 0.3) is 0 Å². The van der Waals surface area contributed by atoms with Crippen molar-refractivity contribution in [3.05, 3.63) is 81.3 Å². The Balaban J connectivity index is 0.000000239. The number of ketones is 1. The van der Waals surface area contributed by atoms with Gasteiger partial charge in [-0.3, -0.25) is 9.59 Å². The standard InChI is InChI=1S/C16H14FNO3.C6H8N2O/c1-20-15-7-3-11(18-16(15)17)9-21-12-4-5-13-10(8-12)2-6-14(13)19;1-5-3-4-6(9)8(2)7-5/h3-5,7-8H,2,6,9H2,1H3;3-4H,1-2H3. The number of fused-ring (bicyclic) bond motifs is 1. The molecule has 30 heavy (non-hydrogen) atoms. The van der Waals surface area contributed by atoms with Gasteiger partial charge < -0.3 is 9.47 Å². The topological polar surface area (TPSA) is 83.3 Å². The van der Waals surface area contributed by atoms with Crippen LogP contribution in [0.2, 0.25) is 0 Å². The van der Waals surface area contributed by atoms with Crippen LogP contribution >= 0.6 is 0 Å². The quantitative estimate of drug-likeness (QED) is 0.614. The largest absolute Gasteiger partial charge is 0.492 e. The van der Waals surface area contributed by atoms with E-state index in [0.717, 1.165) is 23.2 Å². The van der Waals surface area contributed by atoms with Gasteiger partial charge in [0.1, 0.15) is 12.4 Å². The molecule has 0 fully saturated rings. The van der Waals surface area contributed by atoms with Crippen molar-refractivity contribution in [1.82, 2.24) is 14.8 Å². The van der Waals surface area contributed by atoms with Crippen molar-refractivity contribution in [1.29, 1.82) is 0 Å². The number of carbonyl (C=O) groups excluding carboxylic acids is 1. The number of hydrogen-bond acceptors (Lipinski definition) is 6. The molecule has 4 rings (SSSR count). The average Bonchev–Trinajstić information content (AvgIpc) is 3.10. The van der Waals surface area contributed by atoms with E-state index < -0.39 is 5.95 Å². The molecular formula is C22H22FN3O4. The third-order valence-corrected chi connectivity index (χ3v) is 4.57. The molecule has 1 aliphatic rings. The smallest absolute Gasteiger partial charge is 0.266 e. The molecule has 7 nitrogen and oxygen atoms in total. The van der Waals surface area contributed by atoms with E-state index in [-0.39, 0.29) is 23.7 Å². The van der Waals surface area contributed by atoms with E-state index in [1.54, 1.807) is 31.3 Å². The van der Waals surface area contributed by atoms with Crippen molar-refractivity contribution >= 4 is 5.78 Å². The normalized spacial score (nSPS) is 12.1. The summed E-state index contributed by atoms with van der Waals surface area (Å²) in [5, 5.41) is 3.88. The summed E-state index contributed by atoms with van der Waals surface area (Å²) in [5.74, 6) is 0.282. The maximum absolute atomic E-state index is 13.5. The summed E-state index contributed by atoms with van der Waals surface area (Å²) in [6, 6.07) is 11.8. The van der Waals surface area contributed by atoms with E-state index in [2.05, 4.69) is 10.1 Å². The molecule has 0 spiro atoms. The molecule has 0 saturated heterocycles. The molecule has 2 heterocycles. The number of ether oxygens (including phenoxy) is 2. The maximum Gasteiger partial charge on any atom is 0.266 e. The third kappa shape index (κ3) is 5.08. The predicted octanol–water partition coefficient (Wildman–Crippen LogP) is 3.03. The van der Waals surface area contributed by atoms with Gasteiger partial charge in [-0.2, -0.15) is 9.49 Å². The molecule has 1 aliphatic carbocycles. The highest BCUT2D eigenvalue weighted by atomic mass is 19.1. The second-order valence-electron chi connectivity index (χ2n) is 6.76. The number of nitrogens with zero attached hydrogens (tertiary/aromatic N) is 3. The molecule has 0 unspecified atom stereocenters. The molecule has 0 saturated carbocycles. The molecule has 2 aromatic heterocycles. The van der Waals surface area contributed by atoms with Gasteiger partial charge in [-0.05, 0) is 55.3 Å². The van der Waals surface area contributed by atoms with E-state index >= 15 is 0 Å². The van der Waals surface area contributed by atoms with Crippen molar-refractivity contribution in [3.63, 3.8) is 0 Å². The first-order valence-electron chi connectivity index (χ1n) is 9.36. The number of Topliss-reactive ketones (excluding diaryl/α,β-unsaturated/α-hetero) is 1. The SMILES string of the molecule is COc1ccc(COc2ccc3c(c2)CCC3=O)nc1F.Cc1ccc(=O)n(C)n1. The number of carbonyl (C=O) groups is 1. The number of aryl methyl sites for hydroxylation is 3. The summed E-state index contributed by atoms with van der Waals surface area (Å²) in [5.41, 5.74) is 3.05. The third-order valence-electron chi connectivity index (χ3n) is 4.57.